The van der Waals surface area contributed by atoms with Crippen molar-refractivity contribution in [2.45, 2.75) is 38.8 Å². The Labute approximate surface area is 130 Å². The lowest BCUT2D eigenvalue weighted by Gasteiger charge is -2.32. The van der Waals surface area contributed by atoms with Crippen molar-refractivity contribution in [1.29, 1.82) is 5.26 Å². The molecule has 1 aliphatic rings. The van der Waals surface area contributed by atoms with E-state index in [1.54, 1.807) is 0 Å². The summed E-state index contributed by atoms with van der Waals surface area (Å²) in [5.41, 5.74) is 2.51. The number of aryl methyl sites for hydroxylation is 1. The zero-order valence-electron chi connectivity index (χ0n) is 12.4. The van der Waals surface area contributed by atoms with Crippen molar-refractivity contribution < 1.29 is 0 Å². The van der Waals surface area contributed by atoms with Crippen molar-refractivity contribution in [3.63, 3.8) is 0 Å². The Hall–Kier alpha value is -1.05. The number of nitriles is 1. The summed E-state index contributed by atoms with van der Waals surface area (Å²) in [6, 6.07) is 9.66. The predicted molar refractivity (Wildman–Crippen MR) is 87.0 cm³/mol. The molecule has 1 heterocycles. The first-order valence-electron chi connectivity index (χ1n) is 7.13. The molecule has 0 N–H and O–H groups in total. The second kappa shape index (κ2) is 6.60. The van der Waals surface area contributed by atoms with Crippen LogP contribution in [0.3, 0.4) is 0 Å². The highest BCUT2D eigenvalue weighted by atomic mass is 79.9. The number of rotatable bonds is 2. The van der Waals surface area contributed by atoms with Crippen molar-refractivity contribution in [3.8, 4) is 6.07 Å². The van der Waals surface area contributed by atoms with Gasteiger partial charge in [-0.15, -0.1) is 0 Å². The van der Waals surface area contributed by atoms with E-state index in [4.69, 9.17) is 5.26 Å². The third-order valence-electron chi connectivity index (χ3n) is 4.26. The number of benzene rings is 1. The van der Waals surface area contributed by atoms with Gasteiger partial charge in [0.25, 0.3) is 0 Å². The van der Waals surface area contributed by atoms with E-state index >= 15 is 0 Å². The van der Waals surface area contributed by atoms with E-state index in [-0.39, 0.29) is 0 Å². The molecule has 0 amide bonds. The van der Waals surface area contributed by atoms with Gasteiger partial charge in [-0.25, -0.2) is 0 Å². The lowest BCUT2D eigenvalue weighted by Crippen LogP contribution is -2.40. The molecule has 20 heavy (non-hydrogen) atoms. The van der Waals surface area contributed by atoms with E-state index in [1.807, 2.05) is 0 Å². The summed E-state index contributed by atoms with van der Waals surface area (Å²) in [6.45, 7) is 6.38. The summed E-state index contributed by atoms with van der Waals surface area (Å²) in [4.78, 5) is 4.77. The summed E-state index contributed by atoms with van der Waals surface area (Å²) in [6.07, 6.45) is 1.72. The molecule has 3 nitrogen and oxygen atoms in total. The SMILES string of the molecule is Cc1cc(N2CC(CC#N)N(C)CCC2C)ccc1Br. The lowest BCUT2D eigenvalue weighted by atomic mass is 10.1. The Morgan fingerprint density at radius 2 is 2.20 bits per heavy atom. The van der Waals surface area contributed by atoms with E-state index in [0.717, 1.165) is 24.0 Å². The van der Waals surface area contributed by atoms with Crippen LogP contribution < -0.4 is 4.90 Å². The fraction of sp³-hybridized carbons (Fsp3) is 0.562. The third kappa shape index (κ3) is 3.34. The zero-order valence-corrected chi connectivity index (χ0v) is 14.0. The highest BCUT2D eigenvalue weighted by Gasteiger charge is 2.26. The normalized spacial score (nSPS) is 24.2. The van der Waals surface area contributed by atoms with Gasteiger partial charge in [-0.3, -0.25) is 0 Å². The van der Waals surface area contributed by atoms with E-state index < -0.39 is 0 Å². The molecular formula is C16H22BrN3. The van der Waals surface area contributed by atoms with Gasteiger partial charge in [0.15, 0.2) is 0 Å². The number of hydrogen-bond donors (Lipinski definition) is 0. The molecule has 1 aliphatic heterocycles. The van der Waals surface area contributed by atoms with E-state index in [0.29, 0.717) is 18.5 Å². The average molecular weight is 336 g/mol. The molecule has 0 aliphatic carbocycles. The topological polar surface area (TPSA) is 30.3 Å². The summed E-state index contributed by atoms with van der Waals surface area (Å²) in [5, 5.41) is 9.03. The van der Waals surface area contributed by atoms with Gasteiger partial charge in [-0.05, 0) is 51.1 Å². The van der Waals surface area contributed by atoms with E-state index in [9.17, 15) is 0 Å². The Bertz CT molecular complexity index is 509. The fourth-order valence-electron chi connectivity index (χ4n) is 2.77. The zero-order chi connectivity index (χ0) is 14.7. The second-order valence-corrected chi connectivity index (χ2v) is 6.57. The number of anilines is 1. The smallest absolute Gasteiger partial charge is 0.0638 e. The average Bonchev–Trinajstić information content (AvgIpc) is 2.56. The van der Waals surface area contributed by atoms with Crippen LogP contribution in [0, 0.1) is 18.3 Å². The Balaban J connectivity index is 2.27. The van der Waals surface area contributed by atoms with Gasteiger partial charge < -0.3 is 9.80 Å². The minimum atomic E-state index is 0.314. The van der Waals surface area contributed by atoms with Crippen molar-refractivity contribution in [1.82, 2.24) is 4.90 Å². The summed E-state index contributed by atoms with van der Waals surface area (Å²) in [7, 11) is 2.13. The van der Waals surface area contributed by atoms with Crippen LogP contribution in [0.5, 0.6) is 0 Å². The summed E-state index contributed by atoms with van der Waals surface area (Å²) in [5.74, 6) is 0. The molecule has 1 aromatic carbocycles. The van der Waals surface area contributed by atoms with Crippen LogP contribution in [0.25, 0.3) is 0 Å². The van der Waals surface area contributed by atoms with E-state index in [2.05, 4.69) is 70.9 Å². The molecule has 4 heteroatoms. The van der Waals surface area contributed by atoms with Gasteiger partial charge in [0.05, 0.1) is 12.5 Å². The van der Waals surface area contributed by atoms with Crippen molar-refractivity contribution >= 4 is 21.6 Å². The summed E-state index contributed by atoms with van der Waals surface area (Å²) >= 11 is 3.56. The van der Waals surface area contributed by atoms with Gasteiger partial charge >= 0.3 is 0 Å². The number of nitrogens with zero attached hydrogens (tertiary/aromatic N) is 3. The van der Waals surface area contributed by atoms with Crippen molar-refractivity contribution in [2.75, 3.05) is 25.0 Å². The summed E-state index contributed by atoms with van der Waals surface area (Å²) < 4.78 is 1.15. The van der Waals surface area contributed by atoms with Crippen LogP contribution in [0.15, 0.2) is 22.7 Å². The molecule has 0 spiro atoms. The minimum Gasteiger partial charge on any atom is -0.367 e. The van der Waals surface area contributed by atoms with Gasteiger partial charge in [0, 0.05) is 35.3 Å². The first kappa shape index (κ1) is 15.3. The highest BCUT2D eigenvalue weighted by Crippen LogP contribution is 2.27. The standard InChI is InChI=1S/C16H22BrN3/c1-12-10-14(4-5-16(12)17)20-11-15(6-8-18)19(3)9-7-13(20)2/h4-5,10,13,15H,6-7,9,11H2,1-3H3. The molecule has 108 valence electrons. The second-order valence-electron chi connectivity index (χ2n) is 5.72. The molecule has 0 saturated carbocycles. The molecule has 1 saturated heterocycles. The first-order valence-corrected chi connectivity index (χ1v) is 7.92. The van der Waals surface area contributed by atoms with Crippen molar-refractivity contribution in [3.05, 3.63) is 28.2 Å². The van der Waals surface area contributed by atoms with Crippen LogP contribution in [0.1, 0.15) is 25.3 Å². The molecule has 1 aromatic rings. The van der Waals surface area contributed by atoms with Gasteiger partial charge in [0.2, 0.25) is 0 Å². The molecule has 2 rings (SSSR count). The van der Waals surface area contributed by atoms with Crippen LogP contribution in [0.4, 0.5) is 5.69 Å². The molecule has 2 unspecified atom stereocenters. The van der Waals surface area contributed by atoms with Gasteiger partial charge in [-0.2, -0.15) is 5.26 Å². The van der Waals surface area contributed by atoms with Crippen molar-refractivity contribution in [2.24, 2.45) is 0 Å². The molecular weight excluding hydrogens is 314 g/mol. The van der Waals surface area contributed by atoms with Crippen LogP contribution >= 0.6 is 15.9 Å². The highest BCUT2D eigenvalue weighted by molar-refractivity contribution is 9.10. The van der Waals surface area contributed by atoms with Gasteiger partial charge in [-0.1, -0.05) is 15.9 Å². The number of likely N-dealkylation sites (N-methyl/N-ethyl adjacent to an activating group) is 1. The molecule has 2 atom stereocenters. The Kier molecular flexibility index (Phi) is 5.06. The quantitative estimate of drug-likeness (QED) is 0.827. The van der Waals surface area contributed by atoms with E-state index in [1.165, 1.54) is 11.3 Å². The number of hydrogen-bond acceptors (Lipinski definition) is 3. The monoisotopic (exact) mass is 335 g/mol. The Morgan fingerprint density at radius 3 is 2.85 bits per heavy atom. The largest absolute Gasteiger partial charge is 0.367 e. The fourth-order valence-corrected chi connectivity index (χ4v) is 3.02. The number of halogens is 1. The lowest BCUT2D eigenvalue weighted by molar-refractivity contribution is 0.263. The van der Waals surface area contributed by atoms with Crippen LogP contribution in [0.2, 0.25) is 0 Å². The van der Waals surface area contributed by atoms with Gasteiger partial charge in [0.1, 0.15) is 0 Å². The molecule has 0 radical (unpaired) electrons. The van der Waals surface area contributed by atoms with Crippen LogP contribution in [-0.4, -0.2) is 37.1 Å². The Morgan fingerprint density at radius 1 is 1.45 bits per heavy atom. The minimum absolute atomic E-state index is 0.314. The van der Waals surface area contributed by atoms with Crippen LogP contribution in [-0.2, 0) is 0 Å². The maximum Gasteiger partial charge on any atom is 0.0638 e. The molecule has 1 fully saturated rings. The molecule has 0 aromatic heterocycles. The maximum atomic E-state index is 9.03. The maximum absolute atomic E-state index is 9.03. The predicted octanol–water partition coefficient (Wildman–Crippen LogP) is 3.57. The first-order chi connectivity index (χ1) is 9.52. The third-order valence-corrected chi connectivity index (χ3v) is 5.15. The molecule has 0 bridgehead atoms.